The van der Waals surface area contributed by atoms with E-state index in [1.54, 1.807) is 11.1 Å². The first-order valence-corrected chi connectivity index (χ1v) is 22.7. The average Bonchev–Trinajstić information content (AvgIpc) is 3.53. The quantitative estimate of drug-likeness (QED) is 0.290. The highest BCUT2D eigenvalue weighted by Crippen LogP contribution is 2.76. The molecule has 282 valence electrons. The number of aromatic nitrogens is 1. The van der Waals surface area contributed by atoms with Crippen LogP contribution in [-0.4, -0.2) is 68.1 Å². The highest BCUT2D eigenvalue weighted by Gasteiger charge is 2.69. The van der Waals surface area contributed by atoms with Gasteiger partial charge in [0, 0.05) is 44.0 Å². The molecule has 1 saturated heterocycles. The van der Waals surface area contributed by atoms with Gasteiger partial charge in [-0.05, 0) is 146 Å². The number of ether oxygens (including phenoxy) is 1. The van der Waals surface area contributed by atoms with Gasteiger partial charge in [0.2, 0.25) is 5.88 Å². The van der Waals surface area contributed by atoms with Crippen LogP contribution in [0, 0.1) is 51.2 Å². The Hall–Kier alpha value is -1.70. The molecule has 0 radical (unpaired) electrons. The van der Waals surface area contributed by atoms with Crippen molar-refractivity contribution in [2.24, 2.45) is 51.2 Å². The zero-order chi connectivity index (χ0) is 35.7. The third-order valence-corrected chi connectivity index (χ3v) is 18.9. The van der Waals surface area contributed by atoms with Gasteiger partial charge in [0.1, 0.15) is 0 Å². The monoisotopic (exact) mass is 717 g/mol. The molecular formula is C44H67N3O3S. The molecule has 1 N–H and O–H groups in total. The van der Waals surface area contributed by atoms with Gasteiger partial charge in [-0.25, -0.2) is 13.4 Å². The Kier molecular flexibility index (Phi) is 9.43. The van der Waals surface area contributed by atoms with Crippen LogP contribution in [-0.2, 0) is 9.84 Å². The van der Waals surface area contributed by atoms with E-state index in [4.69, 9.17) is 4.74 Å². The number of nitrogens with zero attached hydrogens (tertiary/aromatic N) is 2. The molecule has 6 aliphatic carbocycles. The Bertz CT molecular complexity index is 1610. The van der Waals surface area contributed by atoms with Crippen molar-refractivity contribution in [1.29, 1.82) is 0 Å². The molecule has 0 bridgehead atoms. The van der Waals surface area contributed by atoms with Gasteiger partial charge in [0.15, 0.2) is 9.84 Å². The number of sulfone groups is 1. The molecule has 4 saturated carbocycles. The zero-order valence-electron chi connectivity index (χ0n) is 32.5. The molecule has 2 heterocycles. The van der Waals surface area contributed by atoms with E-state index in [-0.39, 0.29) is 11.0 Å². The van der Waals surface area contributed by atoms with E-state index in [0.29, 0.717) is 46.8 Å². The third-order valence-electron chi connectivity index (χ3n) is 17.3. The van der Waals surface area contributed by atoms with Crippen LogP contribution in [0.3, 0.4) is 0 Å². The average molecular weight is 718 g/mol. The Morgan fingerprint density at radius 1 is 0.882 bits per heavy atom. The molecule has 1 aromatic rings. The minimum absolute atomic E-state index is 0.199. The van der Waals surface area contributed by atoms with E-state index in [0.717, 1.165) is 55.7 Å². The van der Waals surface area contributed by atoms with Crippen molar-refractivity contribution >= 4 is 9.84 Å². The maximum atomic E-state index is 12.0. The summed E-state index contributed by atoms with van der Waals surface area (Å²) in [5.41, 5.74) is 4.93. The van der Waals surface area contributed by atoms with Crippen LogP contribution in [0.5, 0.6) is 5.88 Å². The molecule has 1 aliphatic heterocycles. The lowest BCUT2D eigenvalue weighted by Crippen LogP contribution is -2.67. The van der Waals surface area contributed by atoms with E-state index in [1.165, 1.54) is 77.0 Å². The van der Waals surface area contributed by atoms with Crippen molar-refractivity contribution in [1.82, 2.24) is 15.2 Å². The lowest BCUT2D eigenvalue weighted by atomic mass is 9.33. The van der Waals surface area contributed by atoms with Crippen molar-refractivity contribution in [3.63, 3.8) is 0 Å². The van der Waals surface area contributed by atoms with Crippen LogP contribution in [0.2, 0.25) is 0 Å². The predicted octanol–water partition coefficient (Wildman–Crippen LogP) is 8.65. The molecule has 5 fully saturated rings. The van der Waals surface area contributed by atoms with E-state index < -0.39 is 9.84 Å². The third kappa shape index (κ3) is 6.10. The number of rotatable bonds is 8. The fourth-order valence-electron chi connectivity index (χ4n) is 14.4. The normalized spacial score (nSPS) is 43.1. The molecule has 0 amide bonds. The van der Waals surface area contributed by atoms with Crippen LogP contribution in [0.4, 0.5) is 0 Å². The SMILES string of the molecule is CC1(C)C(C2=CC[C@H](COc3ccccn3)CC2)=CC[C@@]2(C)C1CC[C@]1(C)C2CC[C@@H]2[C@H]3CCC[C@]3(NCCN3CCS(=O)(=O)CC3)CC[C@]21C. The van der Waals surface area contributed by atoms with Gasteiger partial charge in [-0.1, -0.05) is 59.3 Å². The Labute approximate surface area is 310 Å². The Balaban J connectivity index is 0.954. The summed E-state index contributed by atoms with van der Waals surface area (Å²) in [7, 11) is -2.82. The van der Waals surface area contributed by atoms with Gasteiger partial charge in [-0.2, -0.15) is 0 Å². The van der Waals surface area contributed by atoms with E-state index in [1.807, 2.05) is 24.4 Å². The summed E-state index contributed by atoms with van der Waals surface area (Å²) in [5.74, 6) is 5.09. The smallest absolute Gasteiger partial charge is 0.213 e. The van der Waals surface area contributed by atoms with Crippen molar-refractivity contribution in [3.8, 4) is 5.88 Å². The second-order valence-electron chi connectivity index (χ2n) is 19.6. The number of fused-ring (bicyclic) bond motifs is 7. The minimum Gasteiger partial charge on any atom is -0.477 e. The number of hydrogen-bond donors (Lipinski definition) is 1. The number of hydrogen-bond acceptors (Lipinski definition) is 6. The molecule has 2 unspecified atom stereocenters. The number of allylic oxidation sites excluding steroid dienone is 4. The highest BCUT2D eigenvalue weighted by atomic mass is 32.2. The van der Waals surface area contributed by atoms with Gasteiger partial charge < -0.3 is 15.0 Å². The molecule has 7 heteroatoms. The van der Waals surface area contributed by atoms with Gasteiger partial charge in [0.25, 0.3) is 0 Å². The van der Waals surface area contributed by atoms with Crippen molar-refractivity contribution in [2.75, 3.05) is 44.3 Å². The lowest BCUT2D eigenvalue weighted by Gasteiger charge is -2.72. The second-order valence-corrected chi connectivity index (χ2v) is 21.9. The Morgan fingerprint density at radius 2 is 1.71 bits per heavy atom. The maximum Gasteiger partial charge on any atom is 0.213 e. The molecular weight excluding hydrogens is 651 g/mol. The summed E-state index contributed by atoms with van der Waals surface area (Å²) in [5, 5.41) is 4.20. The van der Waals surface area contributed by atoms with Gasteiger partial charge >= 0.3 is 0 Å². The summed E-state index contributed by atoms with van der Waals surface area (Å²) in [6, 6.07) is 5.90. The minimum atomic E-state index is -2.82. The zero-order valence-corrected chi connectivity index (χ0v) is 33.3. The predicted molar refractivity (Wildman–Crippen MR) is 207 cm³/mol. The topological polar surface area (TPSA) is 71.5 Å². The number of nitrogens with one attached hydrogen (secondary N) is 1. The largest absolute Gasteiger partial charge is 0.477 e. The van der Waals surface area contributed by atoms with Gasteiger partial charge in [0.05, 0.1) is 18.1 Å². The summed E-state index contributed by atoms with van der Waals surface area (Å²) < 4.78 is 30.0. The van der Waals surface area contributed by atoms with Crippen LogP contribution < -0.4 is 10.1 Å². The fraction of sp³-hybridized carbons (Fsp3) is 0.795. The first kappa shape index (κ1) is 36.3. The summed E-state index contributed by atoms with van der Waals surface area (Å²) in [4.78, 5) is 6.73. The molecule has 0 aromatic carbocycles. The van der Waals surface area contributed by atoms with Crippen molar-refractivity contribution < 1.29 is 13.2 Å². The summed E-state index contributed by atoms with van der Waals surface area (Å²) in [6.07, 6.45) is 24.2. The Morgan fingerprint density at radius 3 is 2.45 bits per heavy atom. The van der Waals surface area contributed by atoms with Gasteiger partial charge in [-0.15, -0.1) is 0 Å². The molecule has 0 spiro atoms. The van der Waals surface area contributed by atoms with Gasteiger partial charge in [-0.3, -0.25) is 0 Å². The summed E-state index contributed by atoms with van der Waals surface area (Å²) in [6.45, 7) is 17.6. The lowest BCUT2D eigenvalue weighted by molar-refractivity contribution is -0.218. The first-order chi connectivity index (χ1) is 24.3. The standard InChI is InChI=1S/C44H67N3O3S/c1-40(2)34(33-13-11-32(12-14-33)31-50-39-10-6-7-24-45-39)17-20-41(3)37(40)18-21-43(5)38(41)16-15-35-36-9-8-19-44(36,23-22-42(35,43)4)46-25-26-47-27-29-51(48,49)30-28-47/h6-7,10,13,17,24,32,35-38,46H,8-9,11-12,14-16,18-23,25-31H2,1-5H3/t32-,35+,36+,37?,38?,41-,42+,43+,44-/m0/s1. The first-order valence-electron chi connectivity index (χ1n) is 20.9. The summed E-state index contributed by atoms with van der Waals surface area (Å²) >= 11 is 0. The van der Waals surface area contributed by atoms with E-state index in [2.05, 4.69) is 62.0 Å². The fourth-order valence-corrected chi connectivity index (χ4v) is 15.7. The van der Waals surface area contributed by atoms with Crippen LogP contribution in [0.1, 0.15) is 118 Å². The van der Waals surface area contributed by atoms with Crippen molar-refractivity contribution in [2.45, 2.75) is 124 Å². The molecule has 6 nitrogen and oxygen atoms in total. The van der Waals surface area contributed by atoms with E-state index in [9.17, 15) is 8.42 Å². The molecule has 1 aromatic heterocycles. The van der Waals surface area contributed by atoms with Crippen LogP contribution in [0.25, 0.3) is 0 Å². The van der Waals surface area contributed by atoms with Crippen LogP contribution >= 0.6 is 0 Å². The second kappa shape index (κ2) is 13.3. The maximum absolute atomic E-state index is 12.0. The van der Waals surface area contributed by atoms with Crippen LogP contribution in [0.15, 0.2) is 47.7 Å². The molecule has 51 heavy (non-hydrogen) atoms. The number of pyridine rings is 1. The van der Waals surface area contributed by atoms with E-state index >= 15 is 0 Å². The highest BCUT2D eigenvalue weighted by molar-refractivity contribution is 7.91. The molecule has 8 rings (SSSR count). The molecule has 7 aliphatic rings. The molecule has 9 atom stereocenters. The van der Waals surface area contributed by atoms with Crippen molar-refractivity contribution in [3.05, 3.63) is 47.7 Å².